The normalized spacial score (nSPS) is 14.2. The van der Waals surface area contributed by atoms with Crippen LogP contribution in [0.1, 0.15) is 11.4 Å². The Labute approximate surface area is 212 Å². The number of hydrogen-bond acceptors (Lipinski definition) is 5. The molecule has 1 aliphatic heterocycles. The molecule has 4 aromatic rings. The number of nitrogens with one attached hydrogen (secondary N) is 1. The molecule has 3 aromatic carbocycles. The number of amides is 1. The van der Waals surface area contributed by atoms with Crippen molar-refractivity contribution in [2.24, 2.45) is 7.05 Å². The molecular weight excluding hydrogens is 450 g/mol. The number of para-hydroxylation sites is 1. The molecule has 1 fully saturated rings. The van der Waals surface area contributed by atoms with Crippen LogP contribution in [0.4, 0.5) is 11.4 Å². The summed E-state index contributed by atoms with van der Waals surface area (Å²) in [5.74, 6) is 1.54. The molecule has 0 saturated carbocycles. The van der Waals surface area contributed by atoms with Gasteiger partial charge in [-0.2, -0.15) is 0 Å². The lowest BCUT2D eigenvalue weighted by molar-refractivity contribution is -0.118. The van der Waals surface area contributed by atoms with Gasteiger partial charge in [-0.25, -0.2) is 4.98 Å². The van der Waals surface area contributed by atoms with Crippen molar-refractivity contribution in [3.63, 3.8) is 0 Å². The van der Waals surface area contributed by atoms with Crippen LogP contribution >= 0.6 is 0 Å². The molecule has 0 spiro atoms. The second-order valence-corrected chi connectivity index (χ2v) is 9.35. The van der Waals surface area contributed by atoms with E-state index in [-0.39, 0.29) is 12.5 Å². The number of piperazine rings is 1. The molecule has 2 heterocycles. The van der Waals surface area contributed by atoms with E-state index in [0.717, 1.165) is 61.7 Å². The maximum Gasteiger partial charge on any atom is 0.262 e. The van der Waals surface area contributed by atoms with Crippen LogP contribution in [0.25, 0.3) is 11.0 Å². The van der Waals surface area contributed by atoms with Gasteiger partial charge in [-0.3, -0.25) is 9.69 Å². The molecule has 1 amide bonds. The quantitative estimate of drug-likeness (QED) is 0.406. The maximum atomic E-state index is 12.3. The van der Waals surface area contributed by atoms with Crippen molar-refractivity contribution in [1.29, 1.82) is 0 Å². The van der Waals surface area contributed by atoms with Crippen molar-refractivity contribution in [1.82, 2.24) is 14.5 Å². The van der Waals surface area contributed by atoms with E-state index in [2.05, 4.69) is 57.9 Å². The minimum Gasteiger partial charge on any atom is -0.484 e. The highest BCUT2D eigenvalue weighted by Gasteiger charge is 2.18. The highest BCUT2D eigenvalue weighted by atomic mass is 16.5. The molecule has 0 unspecified atom stereocenters. The summed E-state index contributed by atoms with van der Waals surface area (Å²) in [7, 11) is 2.06. The van der Waals surface area contributed by atoms with Crippen molar-refractivity contribution in [2.45, 2.75) is 13.3 Å². The molecule has 5 rings (SSSR count). The molecule has 7 nitrogen and oxygen atoms in total. The van der Waals surface area contributed by atoms with Gasteiger partial charge in [0.15, 0.2) is 6.61 Å². The van der Waals surface area contributed by atoms with Gasteiger partial charge in [-0.1, -0.05) is 35.9 Å². The van der Waals surface area contributed by atoms with E-state index >= 15 is 0 Å². The summed E-state index contributed by atoms with van der Waals surface area (Å²) in [4.78, 5) is 22.2. The zero-order valence-electron chi connectivity index (χ0n) is 21.0. The first-order chi connectivity index (χ1) is 17.5. The highest BCUT2D eigenvalue weighted by molar-refractivity contribution is 5.94. The van der Waals surface area contributed by atoms with Crippen LogP contribution in [0, 0.1) is 6.92 Å². The number of nitrogens with zero attached hydrogens (tertiary/aromatic N) is 4. The van der Waals surface area contributed by atoms with Gasteiger partial charge in [0.05, 0.1) is 11.0 Å². The Bertz CT molecular complexity index is 1310. The number of ether oxygens (including phenoxy) is 1. The van der Waals surface area contributed by atoms with Crippen LogP contribution < -0.4 is 15.0 Å². The average molecular weight is 484 g/mol. The minimum absolute atomic E-state index is 0.0350. The van der Waals surface area contributed by atoms with E-state index in [1.807, 2.05) is 48.5 Å². The summed E-state index contributed by atoms with van der Waals surface area (Å²) in [6, 6.07) is 24.0. The third-order valence-corrected chi connectivity index (χ3v) is 6.79. The number of carbonyl (C=O) groups excluding carboxylic acids is 1. The molecule has 0 radical (unpaired) electrons. The monoisotopic (exact) mass is 483 g/mol. The third kappa shape index (κ3) is 5.69. The van der Waals surface area contributed by atoms with Gasteiger partial charge >= 0.3 is 0 Å². The van der Waals surface area contributed by atoms with Crippen LogP contribution in [0.15, 0.2) is 72.8 Å². The van der Waals surface area contributed by atoms with Gasteiger partial charge in [0.2, 0.25) is 0 Å². The van der Waals surface area contributed by atoms with Crippen LogP contribution in [0.2, 0.25) is 0 Å². The second kappa shape index (κ2) is 10.8. The van der Waals surface area contributed by atoms with Gasteiger partial charge in [0.1, 0.15) is 11.6 Å². The molecular formula is C29H33N5O2. The molecule has 0 aliphatic carbocycles. The predicted molar refractivity (Wildman–Crippen MR) is 145 cm³/mol. The fourth-order valence-electron chi connectivity index (χ4n) is 4.66. The van der Waals surface area contributed by atoms with Crippen molar-refractivity contribution < 1.29 is 9.53 Å². The molecule has 1 N–H and O–H groups in total. The summed E-state index contributed by atoms with van der Waals surface area (Å²) in [5.41, 5.74) is 5.28. The van der Waals surface area contributed by atoms with Gasteiger partial charge in [-0.15, -0.1) is 0 Å². The molecule has 1 aliphatic rings. The number of benzene rings is 3. The molecule has 7 heteroatoms. The van der Waals surface area contributed by atoms with E-state index in [0.29, 0.717) is 5.75 Å². The Morgan fingerprint density at radius 3 is 2.47 bits per heavy atom. The maximum absolute atomic E-state index is 12.3. The fourth-order valence-corrected chi connectivity index (χ4v) is 4.66. The number of aryl methyl sites for hydroxylation is 2. The lowest BCUT2D eigenvalue weighted by Gasteiger charge is -2.36. The SMILES string of the molecule is Cc1ccc(N2CCN(CCc3nc4cc(NC(=O)COc5ccccc5)ccc4n3C)CC2)cc1. The fraction of sp³-hybridized carbons (Fsp3) is 0.310. The van der Waals surface area contributed by atoms with Gasteiger partial charge in [0.25, 0.3) is 5.91 Å². The average Bonchev–Trinajstić information content (AvgIpc) is 3.22. The molecule has 186 valence electrons. The first-order valence-electron chi connectivity index (χ1n) is 12.5. The Hall–Kier alpha value is -3.84. The van der Waals surface area contributed by atoms with Gasteiger partial charge in [-0.05, 0) is 49.4 Å². The van der Waals surface area contributed by atoms with Crippen LogP contribution in [-0.2, 0) is 18.3 Å². The van der Waals surface area contributed by atoms with E-state index in [1.54, 1.807) is 0 Å². The molecule has 0 atom stereocenters. The summed E-state index contributed by atoms with van der Waals surface area (Å²) in [6.45, 7) is 7.27. The lowest BCUT2D eigenvalue weighted by atomic mass is 10.2. The first-order valence-corrected chi connectivity index (χ1v) is 12.5. The number of carbonyl (C=O) groups is 1. The molecule has 36 heavy (non-hydrogen) atoms. The number of fused-ring (bicyclic) bond motifs is 1. The summed E-state index contributed by atoms with van der Waals surface area (Å²) in [6.07, 6.45) is 0.891. The zero-order valence-corrected chi connectivity index (χ0v) is 21.0. The first kappa shape index (κ1) is 23.9. The number of hydrogen-bond donors (Lipinski definition) is 1. The van der Waals surface area contributed by atoms with Crippen molar-refractivity contribution in [3.8, 4) is 5.75 Å². The molecule has 1 aromatic heterocycles. The smallest absolute Gasteiger partial charge is 0.262 e. The van der Waals surface area contributed by atoms with Crippen LogP contribution in [-0.4, -0.2) is 59.7 Å². The summed E-state index contributed by atoms with van der Waals surface area (Å²) in [5, 5.41) is 2.91. The van der Waals surface area contributed by atoms with E-state index in [9.17, 15) is 4.79 Å². The number of anilines is 2. The minimum atomic E-state index is -0.195. The predicted octanol–water partition coefficient (Wildman–Crippen LogP) is 4.26. The third-order valence-electron chi connectivity index (χ3n) is 6.79. The van der Waals surface area contributed by atoms with Crippen molar-refractivity contribution in [3.05, 3.63) is 84.2 Å². The summed E-state index contributed by atoms with van der Waals surface area (Å²) >= 11 is 0. The van der Waals surface area contributed by atoms with Crippen molar-refractivity contribution in [2.75, 3.05) is 49.5 Å². The zero-order chi connectivity index (χ0) is 24.9. The topological polar surface area (TPSA) is 62.6 Å². The number of rotatable bonds is 8. The Morgan fingerprint density at radius 2 is 1.72 bits per heavy atom. The molecule has 1 saturated heterocycles. The second-order valence-electron chi connectivity index (χ2n) is 9.35. The Kier molecular flexibility index (Phi) is 7.18. The van der Waals surface area contributed by atoms with Gasteiger partial charge < -0.3 is 19.5 Å². The Morgan fingerprint density at radius 1 is 0.972 bits per heavy atom. The van der Waals surface area contributed by atoms with E-state index in [4.69, 9.17) is 9.72 Å². The standard InChI is InChI=1S/C29H33N5O2/c1-22-8-11-24(12-9-22)34-18-16-33(17-19-34)15-14-28-31-26-20-23(10-13-27(26)32(28)2)30-29(35)21-36-25-6-4-3-5-7-25/h3-13,20H,14-19,21H2,1-2H3,(H,30,35). The van der Waals surface area contributed by atoms with E-state index in [1.165, 1.54) is 11.3 Å². The highest BCUT2D eigenvalue weighted by Crippen LogP contribution is 2.21. The van der Waals surface area contributed by atoms with Crippen LogP contribution in [0.5, 0.6) is 5.75 Å². The number of imidazole rings is 1. The summed E-state index contributed by atoms with van der Waals surface area (Å²) < 4.78 is 7.69. The van der Waals surface area contributed by atoms with Crippen LogP contribution in [0.3, 0.4) is 0 Å². The molecule has 0 bridgehead atoms. The van der Waals surface area contributed by atoms with Crippen molar-refractivity contribution >= 4 is 28.3 Å². The van der Waals surface area contributed by atoms with E-state index < -0.39 is 0 Å². The number of aromatic nitrogens is 2. The largest absolute Gasteiger partial charge is 0.484 e. The lowest BCUT2D eigenvalue weighted by Crippen LogP contribution is -2.47. The van der Waals surface area contributed by atoms with Gasteiger partial charge in [0, 0.05) is 57.6 Å². The Balaban J connectivity index is 1.14.